The molecule has 289 valence electrons. The maximum Gasteiger partial charge on any atom is 0.164 e. The first-order valence-electron chi connectivity index (χ1n) is 19.4. The van der Waals surface area contributed by atoms with Gasteiger partial charge < -0.3 is 9.52 Å². The molecule has 6 heteroatoms. The minimum atomic E-state index is -0.337. The Labute approximate surface area is 340 Å². The van der Waals surface area contributed by atoms with Gasteiger partial charge in [0.25, 0.3) is 0 Å². The fourth-order valence-corrected chi connectivity index (χ4v) is 7.83. The van der Waals surface area contributed by atoms with Crippen LogP contribution < -0.4 is 0 Å². The van der Waals surface area contributed by atoms with Gasteiger partial charge in [-0.05, 0) is 67.2 Å². The number of fused-ring (bicyclic) bond motifs is 3. The molecule has 6 rings (SSSR count). The molecule has 54 heavy (non-hydrogen) atoms. The molecule has 3 aromatic carbocycles. The van der Waals surface area contributed by atoms with Gasteiger partial charge in [0.15, 0.2) is 5.78 Å². The fraction of sp³-hybridized carbons (Fsp3) is 0.417. The molecule has 0 amide bonds. The molecular formula is C48H58IrNO3S-. The van der Waals surface area contributed by atoms with Gasteiger partial charge in [0, 0.05) is 75.3 Å². The minimum Gasteiger partial charge on any atom is -0.512 e. The van der Waals surface area contributed by atoms with Gasteiger partial charge in [-0.3, -0.25) is 9.78 Å². The molecule has 0 aliphatic heterocycles. The van der Waals surface area contributed by atoms with Gasteiger partial charge in [-0.1, -0.05) is 117 Å². The Balaban J connectivity index is 0.000000309. The Kier molecular flexibility index (Phi) is 14.0. The summed E-state index contributed by atoms with van der Waals surface area (Å²) in [6.07, 6.45) is 7.73. The van der Waals surface area contributed by atoms with Crippen molar-refractivity contribution in [1.82, 2.24) is 4.98 Å². The largest absolute Gasteiger partial charge is 0.512 e. The molecule has 6 aromatic rings. The second-order valence-electron chi connectivity index (χ2n) is 16.6. The van der Waals surface area contributed by atoms with E-state index in [1.165, 1.54) is 32.7 Å². The van der Waals surface area contributed by atoms with Gasteiger partial charge in [0.1, 0.15) is 17.1 Å². The number of aromatic nitrogens is 1. The maximum absolute atomic E-state index is 12.2. The van der Waals surface area contributed by atoms with Crippen LogP contribution in [0.25, 0.3) is 54.4 Å². The van der Waals surface area contributed by atoms with E-state index in [-0.39, 0.29) is 47.9 Å². The van der Waals surface area contributed by atoms with Crippen LogP contribution in [0, 0.1) is 22.8 Å². The van der Waals surface area contributed by atoms with E-state index in [0.29, 0.717) is 5.92 Å². The molecule has 1 radical (unpaired) electrons. The zero-order valence-corrected chi connectivity index (χ0v) is 37.3. The summed E-state index contributed by atoms with van der Waals surface area (Å²) >= 11 is 1.78. The smallest absolute Gasteiger partial charge is 0.164 e. The summed E-state index contributed by atoms with van der Waals surface area (Å²) in [4.78, 5) is 17.0. The number of allylic oxidation sites excluding steroid dienone is 2. The van der Waals surface area contributed by atoms with Crippen molar-refractivity contribution in [3.05, 3.63) is 101 Å². The van der Waals surface area contributed by atoms with Crippen molar-refractivity contribution < 1.29 is 34.4 Å². The number of rotatable bonds is 11. The minimum absolute atomic E-state index is 0. The van der Waals surface area contributed by atoms with E-state index in [2.05, 4.69) is 101 Å². The molecule has 1 N–H and O–H groups in total. The van der Waals surface area contributed by atoms with Crippen molar-refractivity contribution in [1.29, 1.82) is 0 Å². The first-order valence-corrected chi connectivity index (χ1v) is 20.3. The molecule has 0 fully saturated rings. The Hall–Kier alpha value is -3.57. The molecule has 0 bridgehead atoms. The monoisotopic (exact) mass is 921 g/mol. The fourth-order valence-electron chi connectivity index (χ4n) is 6.81. The molecule has 0 spiro atoms. The molecule has 0 aliphatic carbocycles. The predicted molar refractivity (Wildman–Crippen MR) is 227 cm³/mol. The Morgan fingerprint density at radius 1 is 0.889 bits per heavy atom. The second kappa shape index (κ2) is 17.5. The number of ketones is 1. The molecule has 0 saturated carbocycles. The number of aliphatic hydroxyl groups excluding tert-OH is 1. The van der Waals surface area contributed by atoms with Gasteiger partial charge in [0.2, 0.25) is 0 Å². The van der Waals surface area contributed by atoms with Crippen molar-refractivity contribution in [2.45, 2.75) is 114 Å². The Morgan fingerprint density at radius 3 is 2.19 bits per heavy atom. The van der Waals surface area contributed by atoms with E-state index in [1.54, 1.807) is 11.3 Å². The van der Waals surface area contributed by atoms with Crippen LogP contribution in [0.1, 0.15) is 113 Å². The average molecular weight is 921 g/mol. The van der Waals surface area contributed by atoms with Gasteiger partial charge in [-0.25, -0.2) is 0 Å². The molecule has 3 heterocycles. The first kappa shape index (κ1) is 43.2. The third-order valence-electron chi connectivity index (χ3n) is 11.4. The summed E-state index contributed by atoms with van der Waals surface area (Å²) in [5.74, 6) is 1.82. The normalized spacial score (nSPS) is 12.6. The van der Waals surface area contributed by atoms with E-state index in [0.717, 1.165) is 71.0 Å². The maximum atomic E-state index is 12.2. The van der Waals surface area contributed by atoms with E-state index >= 15 is 0 Å². The number of benzene rings is 3. The van der Waals surface area contributed by atoms with E-state index in [4.69, 9.17) is 9.40 Å². The van der Waals surface area contributed by atoms with Crippen molar-refractivity contribution in [2.75, 3.05) is 0 Å². The molecule has 0 aliphatic rings. The van der Waals surface area contributed by atoms with Gasteiger partial charge in [-0.2, -0.15) is 0 Å². The molecule has 0 saturated heterocycles. The number of furan rings is 1. The number of hydrogen-bond acceptors (Lipinski definition) is 5. The Morgan fingerprint density at radius 2 is 1.56 bits per heavy atom. The van der Waals surface area contributed by atoms with Crippen LogP contribution in [0.4, 0.5) is 0 Å². The number of pyridine rings is 1. The molecular weight excluding hydrogens is 863 g/mol. The van der Waals surface area contributed by atoms with Gasteiger partial charge >= 0.3 is 0 Å². The van der Waals surface area contributed by atoms with Crippen LogP contribution in [-0.2, 0) is 36.7 Å². The number of nitrogens with zero attached hydrogens (tertiary/aromatic N) is 1. The summed E-state index contributed by atoms with van der Waals surface area (Å²) in [5, 5.41) is 17.0. The number of carbonyl (C=O) groups excluding carboxylic acids is 1. The topological polar surface area (TPSA) is 63.3 Å². The molecule has 4 nitrogen and oxygen atoms in total. The number of hydrogen-bond donors (Lipinski definition) is 1. The first-order chi connectivity index (χ1) is 25.1. The van der Waals surface area contributed by atoms with Crippen LogP contribution in [0.15, 0.2) is 88.5 Å². The number of thiophene rings is 1. The molecule has 0 unspecified atom stereocenters. The third-order valence-corrected chi connectivity index (χ3v) is 12.4. The standard InChI is InChI=1S/C33H30NOS.C15H28O2.Ir/c1-20(2)14-21-10-11-26-27(19-36-30(26)15-21)29-18-23-12-13-34-31(32(23)35-29)24-16-22-8-6-7-9-25(22)28(17-24)33(3,4)5;1-7-14(5,8-2)12(16)11-13(17)15(6,9-3)10-4;/h6-13,15,17-20H,14H2,1-5H3;11,16H,7-10H2,1-6H3;/q-1;;/b;12-11-;. The zero-order chi connectivity index (χ0) is 38.7. The second-order valence-corrected chi connectivity index (χ2v) is 17.5. The summed E-state index contributed by atoms with van der Waals surface area (Å²) in [5.41, 5.74) is 5.85. The van der Waals surface area contributed by atoms with Crippen LogP contribution in [0.2, 0.25) is 0 Å². The van der Waals surface area contributed by atoms with Crippen LogP contribution >= 0.6 is 11.3 Å². The van der Waals surface area contributed by atoms with Crippen LogP contribution in [0.5, 0.6) is 0 Å². The number of carbonyl (C=O) groups is 1. The summed E-state index contributed by atoms with van der Waals surface area (Å²) in [6.45, 7) is 23.4. The summed E-state index contributed by atoms with van der Waals surface area (Å²) in [6, 6.07) is 25.4. The molecule has 0 atom stereocenters. The third kappa shape index (κ3) is 9.10. The average Bonchev–Trinajstić information content (AvgIpc) is 3.77. The Bertz CT molecular complexity index is 2240. The van der Waals surface area contributed by atoms with Gasteiger partial charge in [0.05, 0.1) is 0 Å². The van der Waals surface area contributed by atoms with Crippen molar-refractivity contribution in [2.24, 2.45) is 16.7 Å². The predicted octanol–water partition coefficient (Wildman–Crippen LogP) is 14.5. The zero-order valence-electron chi connectivity index (χ0n) is 34.1. The van der Waals surface area contributed by atoms with Crippen LogP contribution in [-0.4, -0.2) is 15.9 Å². The summed E-state index contributed by atoms with van der Waals surface area (Å²) in [7, 11) is 0. The van der Waals surface area contributed by atoms with Crippen molar-refractivity contribution in [3.63, 3.8) is 0 Å². The van der Waals surface area contributed by atoms with E-state index in [1.807, 2.05) is 53.8 Å². The van der Waals surface area contributed by atoms with Crippen molar-refractivity contribution in [3.8, 4) is 22.6 Å². The van der Waals surface area contributed by atoms with Crippen molar-refractivity contribution >= 4 is 48.9 Å². The SMILES string of the molecule is CC(C)Cc1ccc2c(-c3cc4ccnc(-c5[c-]c6ccccc6c(C(C)(C)C)c5)c4o3)csc2c1.CCC(C)(CC)C(=O)/C=C(\O)C(C)(CC)CC.[Ir]. The molecule has 3 aromatic heterocycles. The van der Waals surface area contributed by atoms with E-state index < -0.39 is 0 Å². The van der Waals surface area contributed by atoms with Gasteiger partial charge in [-0.15, -0.1) is 40.5 Å². The number of aliphatic hydroxyl groups is 1. The van der Waals surface area contributed by atoms with E-state index in [9.17, 15) is 9.90 Å². The van der Waals surface area contributed by atoms with Crippen LogP contribution in [0.3, 0.4) is 0 Å². The summed E-state index contributed by atoms with van der Waals surface area (Å²) < 4.78 is 7.87. The quantitative estimate of drug-likeness (QED) is 0.0799.